The van der Waals surface area contributed by atoms with Crippen LogP contribution in [0.3, 0.4) is 0 Å². The van der Waals surface area contributed by atoms with Crippen molar-refractivity contribution in [1.82, 2.24) is 0 Å². The zero-order valence-corrected chi connectivity index (χ0v) is 35.6. The fraction of sp³-hybridized carbons (Fsp3) is 0.361. The third kappa shape index (κ3) is 7.61. The summed E-state index contributed by atoms with van der Waals surface area (Å²) in [6, 6.07) is 11.6. The quantitative estimate of drug-likeness (QED) is 0.0752. The van der Waals surface area contributed by atoms with Crippen LogP contribution in [-0.2, 0) is 21.7 Å². The van der Waals surface area contributed by atoms with Crippen LogP contribution < -0.4 is 101 Å². The molecule has 0 atom stereocenters. The largest absolute Gasteiger partial charge is 4.00 e. The summed E-state index contributed by atoms with van der Waals surface area (Å²) in [4.78, 5) is 0. The molecule has 0 N–H and O–H groups in total. The van der Waals surface area contributed by atoms with E-state index in [9.17, 15) is 0 Å². The smallest absolute Gasteiger partial charge is 1.00 e. The van der Waals surface area contributed by atoms with E-state index in [1.807, 2.05) is 36.4 Å². The molecule has 0 aliphatic carbocycles. The normalized spacial score (nSPS) is 10.3. The van der Waals surface area contributed by atoms with E-state index in [1.54, 1.807) is 64.0 Å². The van der Waals surface area contributed by atoms with Gasteiger partial charge >= 0.3 is 21.7 Å². The minimum Gasteiger partial charge on any atom is -1.00 e. The SMILES string of the molecule is COc1cc(OC)c([Si](c2cc(OC)c(OC)cc2OC)(c2cc(OC)c(OC)cc2OC)c2c(C)c(C)c(C)[c-]2C)cc1OC.[Cl-].[Cl-].[Cl-].[Ti+4]. The number of halogens is 3. The van der Waals surface area contributed by atoms with Gasteiger partial charge in [0.2, 0.25) is 0 Å². The molecular weight excluding hydrogens is 759 g/mol. The Morgan fingerprint density at radius 1 is 0.400 bits per heavy atom. The molecule has 0 saturated heterocycles. The van der Waals surface area contributed by atoms with Gasteiger partial charge in [0, 0.05) is 18.2 Å². The minimum atomic E-state index is -3.63. The molecule has 0 spiro atoms. The van der Waals surface area contributed by atoms with Crippen LogP contribution in [0.25, 0.3) is 0 Å². The average molecular weight is 804 g/mol. The predicted molar refractivity (Wildman–Crippen MR) is 184 cm³/mol. The van der Waals surface area contributed by atoms with Crippen molar-refractivity contribution in [3.05, 3.63) is 58.7 Å². The van der Waals surface area contributed by atoms with Gasteiger partial charge in [-0.2, -0.15) is 27.4 Å². The maximum Gasteiger partial charge on any atom is 4.00 e. The van der Waals surface area contributed by atoms with Crippen molar-refractivity contribution in [1.29, 1.82) is 0 Å². The van der Waals surface area contributed by atoms with E-state index < -0.39 is 8.07 Å². The third-order valence-electron chi connectivity index (χ3n) is 9.14. The second kappa shape index (κ2) is 19.6. The first-order valence-electron chi connectivity index (χ1n) is 14.7. The Morgan fingerprint density at radius 2 is 0.640 bits per heavy atom. The van der Waals surface area contributed by atoms with Gasteiger partial charge in [-0.15, -0.1) is 0 Å². The molecule has 14 heteroatoms. The summed E-state index contributed by atoms with van der Waals surface area (Å²) in [5.41, 5.74) is 4.68. The molecule has 0 aliphatic heterocycles. The van der Waals surface area contributed by atoms with E-state index in [4.69, 9.17) is 42.6 Å². The van der Waals surface area contributed by atoms with Crippen molar-refractivity contribution in [3.8, 4) is 51.7 Å². The molecule has 4 aromatic rings. The molecule has 0 fully saturated rings. The first-order valence-corrected chi connectivity index (χ1v) is 16.7. The van der Waals surface area contributed by atoms with Crippen LogP contribution in [0.1, 0.15) is 22.3 Å². The molecule has 50 heavy (non-hydrogen) atoms. The minimum absolute atomic E-state index is 0. The first kappa shape index (κ1) is 47.0. The summed E-state index contributed by atoms with van der Waals surface area (Å²) in [6.07, 6.45) is 0. The zero-order valence-electron chi connectivity index (χ0n) is 30.8. The zero-order chi connectivity index (χ0) is 33.9. The van der Waals surface area contributed by atoms with Gasteiger partial charge in [0.15, 0.2) is 42.6 Å². The molecule has 0 aliphatic rings. The number of benzene rings is 3. The fourth-order valence-electron chi connectivity index (χ4n) is 6.59. The number of rotatable bonds is 13. The number of hydrogen-bond acceptors (Lipinski definition) is 9. The maximum absolute atomic E-state index is 6.23. The van der Waals surface area contributed by atoms with E-state index in [0.717, 1.165) is 31.9 Å². The van der Waals surface area contributed by atoms with Gasteiger partial charge in [-0.1, -0.05) is 27.7 Å². The molecule has 272 valence electrons. The molecule has 0 unspecified atom stereocenters. The number of methoxy groups -OCH3 is 9. The summed E-state index contributed by atoms with van der Waals surface area (Å²) in [5.74, 6) is 5.06. The Hall–Kier alpha value is -2.99. The van der Waals surface area contributed by atoms with Gasteiger partial charge in [0.1, 0.15) is 17.2 Å². The molecule has 4 rings (SSSR count). The Labute approximate surface area is 330 Å². The first-order chi connectivity index (χ1) is 22.1. The van der Waals surface area contributed by atoms with Crippen LogP contribution in [-0.4, -0.2) is 72.1 Å². The standard InChI is InChI=1S/C36H45O9Si.3ClH.Ti/c1-20-21(2)23(4)36(22(20)3)46(33-17-27(40-8)24(37-5)14-30(33)43-11,34-18-28(41-9)25(38-6)15-31(34)44-12)35-19-29(42-10)26(39-7)16-32(35)45-13;;;;/h14-19H,1-13H3;3*1H;/q-1;;;;+4/p-3. The van der Waals surface area contributed by atoms with Crippen LogP contribution in [0.15, 0.2) is 36.4 Å². The summed E-state index contributed by atoms with van der Waals surface area (Å²) in [7, 11) is 11.0. The Kier molecular flexibility index (Phi) is 18.4. The van der Waals surface area contributed by atoms with E-state index >= 15 is 0 Å². The molecule has 0 heterocycles. The van der Waals surface area contributed by atoms with Crippen molar-refractivity contribution in [2.45, 2.75) is 27.7 Å². The van der Waals surface area contributed by atoms with Crippen molar-refractivity contribution in [2.75, 3.05) is 64.0 Å². The van der Waals surface area contributed by atoms with E-state index in [1.165, 1.54) is 11.1 Å². The van der Waals surface area contributed by atoms with Crippen molar-refractivity contribution in [3.63, 3.8) is 0 Å². The van der Waals surface area contributed by atoms with E-state index in [-0.39, 0.29) is 58.9 Å². The Balaban J connectivity index is 0.00000600. The molecule has 0 aromatic heterocycles. The third-order valence-corrected chi connectivity index (χ3v) is 14.2. The molecule has 0 radical (unpaired) electrons. The predicted octanol–water partition coefficient (Wildman–Crippen LogP) is -4.90. The van der Waals surface area contributed by atoms with Gasteiger partial charge in [-0.3, -0.25) is 0 Å². The maximum atomic E-state index is 6.23. The van der Waals surface area contributed by atoms with Crippen molar-refractivity contribution >= 4 is 28.8 Å². The molecule has 9 nitrogen and oxygen atoms in total. The molecule has 4 aromatic carbocycles. The van der Waals surface area contributed by atoms with Gasteiger partial charge in [-0.25, -0.2) is 0 Å². The fourth-order valence-corrected chi connectivity index (χ4v) is 12.4. The summed E-state index contributed by atoms with van der Waals surface area (Å²) < 4.78 is 53.7. The monoisotopic (exact) mass is 802 g/mol. The van der Waals surface area contributed by atoms with E-state index in [0.29, 0.717) is 51.7 Å². The van der Waals surface area contributed by atoms with Crippen molar-refractivity contribution < 1.29 is 102 Å². The molecule has 0 bridgehead atoms. The number of ether oxygens (including phenoxy) is 9. The van der Waals surface area contributed by atoms with Crippen molar-refractivity contribution in [2.24, 2.45) is 0 Å². The second-order valence-electron chi connectivity index (χ2n) is 10.8. The second-order valence-corrected chi connectivity index (χ2v) is 14.5. The molecule has 0 amide bonds. The summed E-state index contributed by atoms with van der Waals surface area (Å²) in [5, 5.41) is 3.77. The van der Waals surface area contributed by atoms with Crippen LogP contribution in [0.5, 0.6) is 51.7 Å². The molecular formula is C36H45Cl3O9SiTi. The van der Waals surface area contributed by atoms with Gasteiger partial charge in [0.25, 0.3) is 0 Å². The topological polar surface area (TPSA) is 83.1 Å². The van der Waals surface area contributed by atoms with Gasteiger partial charge < -0.3 is 79.9 Å². The van der Waals surface area contributed by atoms with Crippen LogP contribution in [0, 0.1) is 27.7 Å². The van der Waals surface area contributed by atoms with Gasteiger partial charge in [0.05, 0.1) is 64.0 Å². The average Bonchev–Trinajstić information content (AvgIpc) is 3.29. The Morgan fingerprint density at radius 3 is 0.840 bits per heavy atom. The van der Waals surface area contributed by atoms with Crippen LogP contribution in [0.2, 0.25) is 0 Å². The molecule has 0 saturated carbocycles. The summed E-state index contributed by atoms with van der Waals surface area (Å²) >= 11 is 0. The summed E-state index contributed by atoms with van der Waals surface area (Å²) in [6.45, 7) is 8.65. The van der Waals surface area contributed by atoms with Gasteiger partial charge in [-0.05, 0) is 33.8 Å². The van der Waals surface area contributed by atoms with Crippen LogP contribution in [0.4, 0.5) is 0 Å². The van der Waals surface area contributed by atoms with E-state index in [2.05, 4.69) is 27.7 Å². The Bertz CT molecular complexity index is 1570. The number of hydrogen-bond donors (Lipinski definition) is 0. The van der Waals surface area contributed by atoms with Crippen LogP contribution >= 0.6 is 0 Å².